The van der Waals surface area contributed by atoms with Crippen LogP contribution in [0.4, 0.5) is 11.8 Å². The van der Waals surface area contributed by atoms with Crippen molar-refractivity contribution in [1.29, 1.82) is 0 Å². The molecule has 0 bridgehead atoms. The highest BCUT2D eigenvalue weighted by Gasteiger charge is 2.19. The van der Waals surface area contributed by atoms with Gasteiger partial charge in [-0.1, -0.05) is 0 Å². The topological polar surface area (TPSA) is 61.5 Å². The van der Waals surface area contributed by atoms with E-state index in [2.05, 4.69) is 19.8 Å². The van der Waals surface area contributed by atoms with Gasteiger partial charge in [0.1, 0.15) is 5.82 Å². The van der Waals surface area contributed by atoms with Crippen LogP contribution in [-0.4, -0.2) is 49.4 Å². The van der Waals surface area contributed by atoms with Gasteiger partial charge < -0.3 is 14.5 Å². The summed E-state index contributed by atoms with van der Waals surface area (Å²) in [6.45, 7) is 4.97. The van der Waals surface area contributed by atoms with Crippen molar-refractivity contribution in [2.24, 2.45) is 0 Å². The van der Waals surface area contributed by atoms with E-state index in [1.54, 1.807) is 6.07 Å². The number of anilines is 2. The van der Waals surface area contributed by atoms with Crippen LogP contribution >= 0.6 is 0 Å². The summed E-state index contributed by atoms with van der Waals surface area (Å²) in [6, 6.07) is 1.56. The molecule has 0 aliphatic carbocycles. The molecule has 0 saturated carbocycles. The maximum Gasteiger partial charge on any atom is 0.254 e. The highest BCUT2D eigenvalue weighted by Crippen LogP contribution is 2.18. The van der Waals surface area contributed by atoms with Crippen LogP contribution in [-0.2, 0) is 4.74 Å². The van der Waals surface area contributed by atoms with Crippen LogP contribution in [0.5, 0.6) is 0 Å². The van der Waals surface area contributed by atoms with E-state index >= 15 is 0 Å². The zero-order valence-electron chi connectivity index (χ0n) is 9.69. The van der Waals surface area contributed by atoms with Crippen LogP contribution in [0, 0.1) is 0 Å². The van der Waals surface area contributed by atoms with Crippen molar-refractivity contribution in [2.75, 3.05) is 49.2 Å². The lowest BCUT2D eigenvalue weighted by atomic mass is 10.2. The Morgan fingerprint density at radius 1 is 1.18 bits per heavy atom. The second kappa shape index (κ2) is 4.37. The first-order chi connectivity index (χ1) is 8.33. The fraction of sp³-hybridized carbons (Fsp3) is 0.636. The van der Waals surface area contributed by atoms with Crippen LogP contribution < -0.4 is 15.4 Å². The third-order valence-electron chi connectivity index (χ3n) is 3.21. The number of H-pyrrole nitrogens is 1. The molecule has 0 amide bonds. The molecule has 0 aromatic carbocycles. The van der Waals surface area contributed by atoms with Gasteiger partial charge in [0, 0.05) is 32.2 Å². The summed E-state index contributed by atoms with van der Waals surface area (Å²) in [7, 11) is 0. The number of nitrogens with zero attached hydrogens (tertiary/aromatic N) is 3. The summed E-state index contributed by atoms with van der Waals surface area (Å²) in [5.74, 6) is 1.46. The molecule has 0 unspecified atom stereocenters. The zero-order chi connectivity index (χ0) is 11.7. The van der Waals surface area contributed by atoms with E-state index in [9.17, 15) is 4.79 Å². The summed E-state index contributed by atoms with van der Waals surface area (Å²) >= 11 is 0. The summed E-state index contributed by atoms with van der Waals surface area (Å²) in [4.78, 5) is 23.1. The summed E-state index contributed by atoms with van der Waals surface area (Å²) in [5.41, 5.74) is -0.0802. The highest BCUT2D eigenvalue weighted by molar-refractivity contribution is 5.44. The first-order valence-corrected chi connectivity index (χ1v) is 6.02. The molecule has 6 heteroatoms. The summed E-state index contributed by atoms with van der Waals surface area (Å²) in [6.07, 6.45) is 1.17. The van der Waals surface area contributed by atoms with Crippen molar-refractivity contribution >= 4 is 11.8 Å². The third-order valence-corrected chi connectivity index (χ3v) is 3.21. The van der Waals surface area contributed by atoms with Crippen LogP contribution in [0.3, 0.4) is 0 Å². The monoisotopic (exact) mass is 236 g/mol. The van der Waals surface area contributed by atoms with Gasteiger partial charge in [0.15, 0.2) is 0 Å². The van der Waals surface area contributed by atoms with Gasteiger partial charge in [-0.05, 0) is 6.42 Å². The minimum Gasteiger partial charge on any atom is -0.378 e. The Kier molecular flexibility index (Phi) is 2.72. The number of ether oxygens (including phenoxy) is 1. The van der Waals surface area contributed by atoms with Crippen molar-refractivity contribution in [1.82, 2.24) is 9.97 Å². The average molecular weight is 236 g/mol. The zero-order valence-corrected chi connectivity index (χ0v) is 9.69. The predicted octanol–water partition coefficient (Wildman–Crippen LogP) is -0.183. The first-order valence-electron chi connectivity index (χ1n) is 6.02. The number of aromatic amines is 1. The molecule has 2 aliphatic rings. The van der Waals surface area contributed by atoms with E-state index in [0.717, 1.165) is 32.0 Å². The van der Waals surface area contributed by atoms with Crippen molar-refractivity contribution < 1.29 is 4.74 Å². The molecule has 0 radical (unpaired) electrons. The van der Waals surface area contributed by atoms with Crippen molar-refractivity contribution in [2.45, 2.75) is 6.42 Å². The maximum absolute atomic E-state index is 11.6. The number of morpholine rings is 1. The lowest BCUT2D eigenvalue weighted by Crippen LogP contribution is -2.41. The molecule has 0 atom stereocenters. The molecule has 1 aromatic rings. The molecule has 1 N–H and O–H groups in total. The number of hydrogen-bond donors (Lipinski definition) is 1. The molecular weight excluding hydrogens is 220 g/mol. The van der Waals surface area contributed by atoms with E-state index in [0.29, 0.717) is 19.2 Å². The SMILES string of the molecule is O=c1cc(N2CCOCC2)nc(N2CCC2)[nH]1. The average Bonchev–Trinajstić information content (AvgIpc) is 2.27. The largest absolute Gasteiger partial charge is 0.378 e. The standard InChI is InChI=1S/C11H16N4O2/c16-10-8-9(14-4-6-17-7-5-14)12-11(13-10)15-2-1-3-15/h8H,1-7H2,(H,12,13,16). The Hall–Kier alpha value is -1.56. The second-order valence-corrected chi connectivity index (χ2v) is 4.37. The van der Waals surface area contributed by atoms with E-state index in [1.807, 2.05) is 0 Å². The van der Waals surface area contributed by atoms with Gasteiger partial charge in [0.05, 0.1) is 13.2 Å². The van der Waals surface area contributed by atoms with Gasteiger partial charge in [-0.25, -0.2) is 0 Å². The lowest BCUT2D eigenvalue weighted by Gasteiger charge is -2.33. The number of aromatic nitrogens is 2. The minimum absolute atomic E-state index is 0.0802. The molecule has 0 spiro atoms. The van der Waals surface area contributed by atoms with Crippen LogP contribution in [0.2, 0.25) is 0 Å². The Balaban J connectivity index is 1.87. The smallest absolute Gasteiger partial charge is 0.254 e. The summed E-state index contributed by atoms with van der Waals surface area (Å²) < 4.78 is 5.30. The van der Waals surface area contributed by atoms with Gasteiger partial charge in [0.25, 0.3) is 5.56 Å². The maximum atomic E-state index is 11.6. The Labute approximate surface area is 99.2 Å². The highest BCUT2D eigenvalue weighted by atomic mass is 16.5. The third kappa shape index (κ3) is 2.12. The quantitative estimate of drug-likeness (QED) is 0.771. The molecule has 2 fully saturated rings. The molecular formula is C11H16N4O2. The van der Waals surface area contributed by atoms with E-state index in [4.69, 9.17) is 4.74 Å². The second-order valence-electron chi connectivity index (χ2n) is 4.37. The lowest BCUT2D eigenvalue weighted by molar-refractivity contribution is 0.122. The van der Waals surface area contributed by atoms with E-state index < -0.39 is 0 Å². The molecule has 1 aromatic heterocycles. The predicted molar refractivity (Wildman–Crippen MR) is 64.7 cm³/mol. The van der Waals surface area contributed by atoms with Crippen LogP contribution in [0.15, 0.2) is 10.9 Å². The Morgan fingerprint density at radius 3 is 2.59 bits per heavy atom. The number of nitrogens with one attached hydrogen (secondary N) is 1. The molecule has 3 heterocycles. The van der Waals surface area contributed by atoms with Gasteiger partial charge in [-0.3, -0.25) is 9.78 Å². The molecule has 3 rings (SSSR count). The van der Waals surface area contributed by atoms with Gasteiger partial charge in [-0.15, -0.1) is 0 Å². The van der Waals surface area contributed by atoms with E-state index in [1.165, 1.54) is 6.42 Å². The molecule has 6 nitrogen and oxygen atoms in total. The fourth-order valence-electron chi connectivity index (χ4n) is 2.06. The van der Waals surface area contributed by atoms with Gasteiger partial charge in [0.2, 0.25) is 5.95 Å². The van der Waals surface area contributed by atoms with Crippen LogP contribution in [0.1, 0.15) is 6.42 Å². The van der Waals surface area contributed by atoms with Crippen molar-refractivity contribution in [3.63, 3.8) is 0 Å². The van der Waals surface area contributed by atoms with E-state index in [-0.39, 0.29) is 5.56 Å². The van der Waals surface area contributed by atoms with Crippen LogP contribution in [0.25, 0.3) is 0 Å². The summed E-state index contributed by atoms with van der Waals surface area (Å²) in [5, 5.41) is 0. The molecule has 2 saturated heterocycles. The van der Waals surface area contributed by atoms with Crippen molar-refractivity contribution in [3.8, 4) is 0 Å². The Morgan fingerprint density at radius 2 is 1.94 bits per heavy atom. The van der Waals surface area contributed by atoms with Gasteiger partial charge >= 0.3 is 0 Å². The van der Waals surface area contributed by atoms with Crippen molar-refractivity contribution in [3.05, 3.63) is 16.4 Å². The fourth-order valence-corrected chi connectivity index (χ4v) is 2.06. The molecule has 2 aliphatic heterocycles. The first kappa shape index (κ1) is 10.6. The number of rotatable bonds is 2. The number of hydrogen-bond acceptors (Lipinski definition) is 5. The molecule has 92 valence electrons. The minimum atomic E-state index is -0.0802. The van der Waals surface area contributed by atoms with Gasteiger partial charge in [-0.2, -0.15) is 4.98 Å². The Bertz CT molecular complexity index is 449. The molecule has 17 heavy (non-hydrogen) atoms. The normalized spacial score (nSPS) is 20.2.